The zero-order valence-electron chi connectivity index (χ0n) is 16.9. The van der Waals surface area contributed by atoms with Gasteiger partial charge in [0.1, 0.15) is 5.75 Å². The van der Waals surface area contributed by atoms with Crippen LogP contribution in [0.3, 0.4) is 0 Å². The Morgan fingerprint density at radius 1 is 1.19 bits per heavy atom. The van der Waals surface area contributed by atoms with Crippen molar-refractivity contribution in [1.29, 1.82) is 0 Å². The smallest absolute Gasteiger partial charge is 0.257 e. The fraction of sp³-hybridized carbons (Fsp3) is 0.667. The molecule has 2 atom stereocenters. The van der Waals surface area contributed by atoms with Crippen molar-refractivity contribution in [3.8, 4) is 5.75 Å². The Bertz CT molecular complexity index is 652. The van der Waals surface area contributed by atoms with Crippen LogP contribution >= 0.6 is 0 Å². The van der Waals surface area contributed by atoms with E-state index in [1.807, 2.05) is 30.0 Å². The standard InChI is InChI=1S/C21H33N3O3/c1-16-5-6-20(27-3)19(11-16)21(26)24-13-17(18(14-24)15-25)12-23-8-4-7-22(2)9-10-23/h5-6,11,17-18,25H,4,7-10,12-15H2,1-3H3/t17-,18-/m1/s1. The van der Waals surface area contributed by atoms with Gasteiger partial charge in [-0.2, -0.15) is 0 Å². The number of hydrogen-bond donors (Lipinski definition) is 1. The number of rotatable bonds is 5. The van der Waals surface area contributed by atoms with Crippen LogP contribution in [0.25, 0.3) is 0 Å². The Morgan fingerprint density at radius 2 is 1.96 bits per heavy atom. The number of nitrogens with zero attached hydrogens (tertiary/aromatic N) is 3. The van der Waals surface area contributed by atoms with Crippen molar-refractivity contribution in [2.24, 2.45) is 11.8 Å². The molecule has 0 unspecified atom stereocenters. The fourth-order valence-corrected chi connectivity index (χ4v) is 4.29. The van der Waals surface area contributed by atoms with Crippen molar-refractivity contribution >= 4 is 5.91 Å². The van der Waals surface area contributed by atoms with Gasteiger partial charge in [0.25, 0.3) is 5.91 Å². The number of aryl methyl sites for hydroxylation is 1. The molecule has 0 spiro atoms. The molecule has 1 aromatic rings. The number of benzene rings is 1. The van der Waals surface area contributed by atoms with Crippen molar-refractivity contribution in [2.75, 3.05) is 66.6 Å². The van der Waals surface area contributed by atoms with Crippen LogP contribution in [0.4, 0.5) is 0 Å². The molecule has 0 aliphatic carbocycles. The lowest BCUT2D eigenvalue weighted by Gasteiger charge is -2.26. The molecule has 2 heterocycles. The van der Waals surface area contributed by atoms with Gasteiger partial charge in [-0.3, -0.25) is 4.79 Å². The van der Waals surface area contributed by atoms with E-state index in [2.05, 4.69) is 16.8 Å². The molecule has 0 bridgehead atoms. The third kappa shape index (κ3) is 4.81. The lowest BCUT2D eigenvalue weighted by atomic mass is 9.96. The van der Waals surface area contributed by atoms with Crippen LogP contribution in [0.5, 0.6) is 5.75 Å². The molecule has 2 saturated heterocycles. The Morgan fingerprint density at radius 3 is 2.70 bits per heavy atom. The van der Waals surface area contributed by atoms with Gasteiger partial charge in [0.15, 0.2) is 0 Å². The van der Waals surface area contributed by atoms with E-state index in [0.717, 1.165) is 38.3 Å². The van der Waals surface area contributed by atoms with E-state index in [1.54, 1.807) is 7.11 Å². The molecule has 2 aliphatic heterocycles. The van der Waals surface area contributed by atoms with E-state index in [-0.39, 0.29) is 18.4 Å². The molecule has 0 radical (unpaired) electrons. The number of aliphatic hydroxyl groups excluding tert-OH is 1. The highest BCUT2D eigenvalue weighted by Crippen LogP contribution is 2.29. The molecular formula is C21H33N3O3. The Balaban J connectivity index is 1.68. The van der Waals surface area contributed by atoms with Gasteiger partial charge in [0.2, 0.25) is 0 Å². The quantitative estimate of drug-likeness (QED) is 0.841. The van der Waals surface area contributed by atoms with E-state index < -0.39 is 0 Å². The average Bonchev–Trinajstić information content (AvgIpc) is 2.96. The van der Waals surface area contributed by atoms with Crippen LogP contribution in [0.2, 0.25) is 0 Å². The number of carbonyl (C=O) groups is 1. The molecule has 2 fully saturated rings. The number of methoxy groups -OCH3 is 1. The second-order valence-corrected chi connectivity index (χ2v) is 8.07. The van der Waals surface area contributed by atoms with E-state index in [9.17, 15) is 9.90 Å². The molecule has 6 heteroatoms. The van der Waals surface area contributed by atoms with Crippen molar-refractivity contribution < 1.29 is 14.6 Å². The third-order valence-corrected chi connectivity index (χ3v) is 5.99. The lowest BCUT2D eigenvalue weighted by Crippen LogP contribution is -2.36. The maximum Gasteiger partial charge on any atom is 0.257 e. The molecule has 1 aromatic carbocycles. The van der Waals surface area contributed by atoms with Gasteiger partial charge in [-0.25, -0.2) is 0 Å². The monoisotopic (exact) mass is 375 g/mol. The van der Waals surface area contributed by atoms with Gasteiger partial charge < -0.3 is 24.5 Å². The van der Waals surface area contributed by atoms with Gasteiger partial charge in [0, 0.05) is 45.2 Å². The van der Waals surface area contributed by atoms with Crippen LogP contribution in [0.1, 0.15) is 22.3 Å². The molecule has 150 valence electrons. The van der Waals surface area contributed by atoms with Crippen LogP contribution < -0.4 is 4.74 Å². The summed E-state index contributed by atoms with van der Waals surface area (Å²) in [5.74, 6) is 1.08. The van der Waals surface area contributed by atoms with Crippen molar-refractivity contribution in [1.82, 2.24) is 14.7 Å². The second kappa shape index (κ2) is 9.04. The third-order valence-electron chi connectivity index (χ3n) is 5.99. The minimum Gasteiger partial charge on any atom is -0.496 e. The average molecular weight is 376 g/mol. The minimum absolute atomic E-state index is 0.00657. The first-order chi connectivity index (χ1) is 13.0. The van der Waals surface area contributed by atoms with E-state index in [4.69, 9.17) is 4.74 Å². The normalized spacial score (nSPS) is 24.8. The lowest BCUT2D eigenvalue weighted by molar-refractivity contribution is 0.0775. The molecular weight excluding hydrogens is 342 g/mol. The summed E-state index contributed by atoms with van der Waals surface area (Å²) in [6.07, 6.45) is 1.18. The number of likely N-dealkylation sites (tertiary alicyclic amines) is 1. The van der Waals surface area contributed by atoms with Crippen molar-refractivity contribution in [3.05, 3.63) is 29.3 Å². The van der Waals surface area contributed by atoms with Crippen molar-refractivity contribution in [3.63, 3.8) is 0 Å². The summed E-state index contributed by atoms with van der Waals surface area (Å²) in [4.78, 5) is 19.9. The van der Waals surface area contributed by atoms with Crippen LogP contribution in [-0.2, 0) is 0 Å². The summed E-state index contributed by atoms with van der Waals surface area (Å²) in [6, 6.07) is 5.70. The van der Waals surface area contributed by atoms with E-state index in [1.165, 1.54) is 6.42 Å². The molecule has 6 nitrogen and oxygen atoms in total. The molecule has 1 amide bonds. The number of ether oxygens (including phenoxy) is 1. The highest BCUT2D eigenvalue weighted by Gasteiger charge is 2.36. The summed E-state index contributed by atoms with van der Waals surface area (Å²) in [6.45, 7) is 8.76. The summed E-state index contributed by atoms with van der Waals surface area (Å²) in [7, 11) is 3.77. The van der Waals surface area contributed by atoms with E-state index in [0.29, 0.717) is 30.3 Å². The van der Waals surface area contributed by atoms with Gasteiger partial charge in [0.05, 0.1) is 12.7 Å². The summed E-state index contributed by atoms with van der Waals surface area (Å²) in [5.41, 5.74) is 1.66. The molecule has 0 saturated carbocycles. The van der Waals surface area contributed by atoms with Gasteiger partial charge in [-0.15, -0.1) is 0 Å². The Hall–Kier alpha value is -1.63. The molecule has 0 aromatic heterocycles. The maximum absolute atomic E-state index is 13.1. The van der Waals surface area contributed by atoms with Crippen LogP contribution in [-0.4, -0.2) is 92.3 Å². The number of amides is 1. The molecule has 3 rings (SSSR count). The fourth-order valence-electron chi connectivity index (χ4n) is 4.29. The Kier molecular flexibility index (Phi) is 6.73. The first-order valence-corrected chi connectivity index (χ1v) is 9.97. The number of carbonyl (C=O) groups excluding carboxylic acids is 1. The molecule has 1 N–H and O–H groups in total. The van der Waals surface area contributed by atoms with E-state index >= 15 is 0 Å². The second-order valence-electron chi connectivity index (χ2n) is 8.07. The molecule has 27 heavy (non-hydrogen) atoms. The SMILES string of the molecule is COc1ccc(C)cc1C(=O)N1C[C@@H](CN2CCCN(C)CC2)[C@@H](CO)C1. The summed E-state index contributed by atoms with van der Waals surface area (Å²) >= 11 is 0. The predicted molar refractivity (Wildman–Crippen MR) is 106 cm³/mol. The van der Waals surface area contributed by atoms with Gasteiger partial charge in [-0.1, -0.05) is 11.6 Å². The maximum atomic E-state index is 13.1. The summed E-state index contributed by atoms with van der Waals surface area (Å²) in [5, 5.41) is 9.89. The summed E-state index contributed by atoms with van der Waals surface area (Å²) < 4.78 is 5.40. The van der Waals surface area contributed by atoms with Crippen molar-refractivity contribution in [2.45, 2.75) is 13.3 Å². The largest absolute Gasteiger partial charge is 0.496 e. The van der Waals surface area contributed by atoms with Gasteiger partial charge in [-0.05, 0) is 51.5 Å². The number of likely N-dealkylation sites (N-methyl/N-ethyl adjacent to an activating group) is 1. The first kappa shape index (κ1) is 20.1. The first-order valence-electron chi connectivity index (χ1n) is 9.97. The Labute approximate surface area is 162 Å². The van der Waals surface area contributed by atoms with Crippen LogP contribution in [0, 0.1) is 18.8 Å². The van der Waals surface area contributed by atoms with Gasteiger partial charge >= 0.3 is 0 Å². The highest BCUT2D eigenvalue weighted by atomic mass is 16.5. The zero-order valence-corrected chi connectivity index (χ0v) is 16.9. The number of hydrogen-bond acceptors (Lipinski definition) is 5. The number of aliphatic hydroxyl groups is 1. The minimum atomic E-state index is 0.00657. The predicted octanol–water partition coefficient (Wildman–Crippen LogP) is 1.32. The molecule has 2 aliphatic rings. The zero-order chi connectivity index (χ0) is 19.4. The topological polar surface area (TPSA) is 56.2 Å². The van der Waals surface area contributed by atoms with Crippen LogP contribution in [0.15, 0.2) is 18.2 Å². The highest BCUT2D eigenvalue weighted by molar-refractivity contribution is 5.97.